The number of benzene rings is 1. The van der Waals surface area contributed by atoms with E-state index in [1.165, 1.54) is 29.1 Å². The highest BCUT2D eigenvalue weighted by molar-refractivity contribution is 6.03. The van der Waals surface area contributed by atoms with E-state index in [1.807, 2.05) is 0 Å². The lowest BCUT2D eigenvalue weighted by molar-refractivity contribution is 0.102. The Morgan fingerprint density at radius 3 is 2.77 bits per heavy atom. The molecule has 4 aromatic rings. The summed E-state index contributed by atoms with van der Waals surface area (Å²) in [6, 6.07) is 9.08. The Morgan fingerprint density at radius 1 is 1.23 bits per heavy atom. The molecule has 0 aliphatic heterocycles. The highest BCUT2D eigenvalue weighted by atomic mass is 19.3. The zero-order chi connectivity index (χ0) is 21.5. The first-order valence-corrected chi connectivity index (χ1v) is 9.74. The number of halogens is 3. The molecule has 31 heavy (non-hydrogen) atoms. The molecule has 0 unspecified atom stereocenters. The van der Waals surface area contributed by atoms with Gasteiger partial charge in [0.25, 0.3) is 12.3 Å². The number of fused-ring (bicyclic) bond motifs is 1. The van der Waals surface area contributed by atoms with Crippen molar-refractivity contribution in [2.75, 3.05) is 5.32 Å². The van der Waals surface area contributed by atoms with Crippen molar-refractivity contribution in [1.29, 1.82) is 0 Å². The first-order valence-electron chi connectivity index (χ1n) is 9.74. The molecule has 0 bridgehead atoms. The molecule has 1 amide bonds. The van der Waals surface area contributed by atoms with Gasteiger partial charge in [0.1, 0.15) is 11.5 Å². The largest absolute Gasteiger partial charge is 0.318 e. The first kappa shape index (κ1) is 19.3. The number of hydrogen-bond donors (Lipinski definition) is 1. The van der Waals surface area contributed by atoms with Gasteiger partial charge in [-0.1, -0.05) is 18.2 Å². The summed E-state index contributed by atoms with van der Waals surface area (Å²) in [7, 11) is 0. The summed E-state index contributed by atoms with van der Waals surface area (Å²) < 4.78 is 43.3. The predicted octanol–water partition coefficient (Wildman–Crippen LogP) is 4.18. The SMILES string of the molecule is O=C(Nc1cnn(Cc2ccccc2F)c1)c1cc2nc(C3CC3)cc(C(F)F)n2n1. The summed E-state index contributed by atoms with van der Waals surface area (Å²) in [5.74, 6) is -0.736. The highest BCUT2D eigenvalue weighted by Crippen LogP contribution is 2.40. The number of rotatable bonds is 6. The van der Waals surface area contributed by atoms with Crippen molar-refractivity contribution in [2.45, 2.75) is 31.7 Å². The van der Waals surface area contributed by atoms with Crippen LogP contribution in [0.2, 0.25) is 0 Å². The van der Waals surface area contributed by atoms with Crippen molar-refractivity contribution in [3.05, 3.63) is 77.3 Å². The molecule has 1 fully saturated rings. The van der Waals surface area contributed by atoms with Crippen molar-refractivity contribution in [3.8, 4) is 0 Å². The molecule has 158 valence electrons. The van der Waals surface area contributed by atoms with E-state index in [1.54, 1.807) is 24.4 Å². The molecule has 1 saturated carbocycles. The van der Waals surface area contributed by atoms with Crippen LogP contribution in [0, 0.1) is 5.82 Å². The first-order chi connectivity index (χ1) is 15.0. The van der Waals surface area contributed by atoms with Crippen molar-refractivity contribution >= 4 is 17.2 Å². The smallest absolute Gasteiger partial charge is 0.280 e. The number of carbonyl (C=O) groups is 1. The van der Waals surface area contributed by atoms with Gasteiger partial charge in [-0.25, -0.2) is 22.7 Å². The fourth-order valence-electron chi connectivity index (χ4n) is 3.38. The van der Waals surface area contributed by atoms with Gasteiger partial charge in [0.15, 0.2) is 11.3 Å². The molecule has 1 aliphatic carbocycles. The average Bonchev–Trinajstić information content (AvgIpc) is 3.36. The zero-order valence-corrected chi connectivity index (χ0v) is 16.2. The lowest BCUT2D eigenvalue weighted by Crippen LogP contribution is -2.12. The molecule has 7 nitrogen and oxygen atoms in total. The molecule has 10 heteroatoms. The third-order valence-electron chi connectivity index (χ3n) is 5.11. The summed E-state index contributed by atoms with van der Waals surface area (Å²) >= 11 is 0. The van der Waals surface area contributed by atoms with Crippen molar-refractivity contribution in [1.82, 2.24) is 24.4 Å². The number of nitrogens with zero attached hydrogens (tertiary/aromatic N) is 5. The molecule has 1 aromatic carbocycles. The minimum absolute atomic E-state index is 0.0378. The molecule has 3 aromatic heterocycles. The van der Waals surface area contributed by atoms with Crippen LogP contribution < -0.4 is 5.32 Å². The Balaban J connectivity index is 1.36. The van der Waals surface area contributed by atoms with E-state index in [9.17, 15) is 18.0 Å². The summed E-state index contributed by atoms with van der Waals surface area (Å²) in [5.41, 5.74) is 1.32. The van der Waals surface area contributed by atoms with Crippen molar-refractivity contribution in [2.24, 2.45) is 0 Å². The number of aromatic nitrogens is 5. The average molecular weight is 426 g/mol. The fourth-order valence-corrected chi connectivity index (χ4v) is 3.38. The molecule has 0 radical (unpaired) electrons. The lowest BCUT2D eigenvalue weighted by atomic mass is 10.2. The normalized spacial score (nSPS) is 13.8. The van der Waals surface area contributed by atoms with E-state index in [0.717, 1.165) is 17.4 Å². The van der Waals surface area contributed by atoms with Gasteiger partial charge in [0, 0.05) is 29.4 Å². The van der Waals surface area contributed by atoms with Crippen molar-refractivity contribution < 1.29 is 18.0 Å². The van der Waals surface area contributed by atoms with Gasteiger partial charge < -0.3 is 5.32 Å². The molecule has 1 aliphatic rings. The molecular formula is C21H17F3N6O. The molecule has 5 rings (SSSR count). The van der Waals surface area contributed by atoms with Crippen LogP contribution in [0.4, 0.5) is 18.9 Å². The Labute approximate surface area is 174 Å². The third kappa shape index (κ3) is 3.88. The maximum Gasteiger partial charge on any atom is 0.280 e. The molecule has 1 N–H and O–H groups in total. The number of amides is 1. The molecule has 0 spiro atoms. The minimum Gasteiger partial charge on any atom is -0.318 e. The van der Waals surface area contributed by atoms with Crippen LogP contribution in [0.1, 0.15) is 52.6 Å². The highest BCUT2D eigenvalue weighted by Gasteiger charge is 2.28. The fraction of sp³-hybridized carbons (Fsp3) is 0.238. The number of nitrogens with one attached hydrogen (secondary N) is 1. The lowest BCUT2D eigenvalue weighted by Gasteiger charge is -2.06. The van der Waals surface area contributed by atoms with Gasteiger partial charge in [0.2, 0.25) is 0 Å². The summed E-state index contributed by atoms with van der Waals surface area (Å²) in [6.07, 6.45) is 2.07. The minimum atomic E-state index is -2.74. The van der Waals surface area contributed by atoms with E-state index in [0.29, 0.717) is 16.9 Å². The Kier molecular flexibility index (Phi) is 4.68. The molecular weight excluding hydrogens is 409 g/mol. The Hall–Kier alpha value is -3.69. The standard InChI is InChI=1S/C21H17F3N6O/c22-15-4-2-1-3-13(15)10-29-11-14(9-25-29)26-21(31)17-8-19-27-16(12-5-6-12)7-18(20(23)24)30(19)28-17/h1-4,7-9,11-12,20H,5-6,10H2,(H,26,31). The second kappa shape index (κ2) is 7.53. The maximum atomic E-state index is 13.8. The second-order valence-electron chi connectivity index (χ2n) is 7.45. The van der Waals surface area contributed by atoms with Crippen LogP contribution >= 0.6 is 0 Å². The summed E-state index contributed by atoms with van der Waals surface area (Å²) in [6.45, 7) is 0.197. The number of alkyl halides is 2. The van der Waals surface area contributed by atoms with E-state index >= 15 is 0 Å². The zero-order valence-electron chi connectivity index (χ0n) is 16.2. The van der Waals surface area contributed by atoms with E-state index in [2.05, 4.69) is 20.5 Å². The predicted molar refractivity (Wildman–Crippen MR) is 106 cm³/mol. The molecule has 0 saturated heterocycles. The van der Waals surface area contributed by atoms with E-state index in [4.69, 9.17) is 0 Å². The molecule has 0 atom stereocenters. The van der Waals surface area contributed by atoms with Crippen LogP contribution in [0.15, 0.2) is 48.8 Å². The van der Waals surface area contributed by atoms with Crippen molar-refractivity contribution in [3.63, 3.8) is 0 Å². The van der Waals surface area contributed by atoms with Crippen LogP contribution in [0.3, 0.4) is 0 Å². The van der Waals surface area contributed by atoms with Gasteiger partial charge in [-0.05, 0) is 25.0 Å². The van der Waals surface area contributed by atoms with Crippen LogP contribution in [-0.4, -0.2) is 30.3 Å². The van der Waals surface area contributed by atoms with Gasteiger partial charge in [-0.2, -0.15) is 10.2 Å². The maximum absolute atomic E-state index is 13.8. The number of anilines is 1. The Bertz CT molecular complexity index is 1280. The van der Waals surface area contributed by atoms with Crippen LogP contribution in [0.25, 0.3) is 5.65 Å². The quantitative estimate of drug-likeness (QED) is 0.502. The number of hydrogen-bond acceptors (Lipinski definition) is 4. The second-order valence-corrected chi connectivity index (χ2v) is 7.45. The van der Waals surface area contributed by atoms with Gasteiger partial charge in [-0.3, -0.25) is 9.48 Å². The van der Waals surface area contributed by atoms with Gasteiger partial charge in [0.05, 0.1) is 18.4 Å². The third-order valence-corrected chi connectivity index (χ3v) is 5.11. The summed E-state index contributed by atoms with van der Waals surface area (Å²) in [5, 5.41) is 10.8. The van der Waals surface area contributed by atoms with Gasteiger partial charge >= 0.3 is 0 Å². The summed E-state index contributed by atoms with van der Waals surface area (Å²) in [4.78, 5) is 17.0. The van der Waals surface area contributed by atoms with E-state index in [-0.39, 0.29) is 35.3 Å². The monoisotopic (exact) mass is 426 g/mol. The van der Waals surface area contributed by atoms with Crippen LogP contribution in [0.5, 0.6) is 0 Å². The van der Waals surface area contributed by atoms with Crippen LogP contribution in [-0.2, 0) is 6.54 Å². The topological polar surface area (TPSA) is 77.1 Å². The molecule has 3 heterocycles. The van der Waals surface area contributed by atoms with E-state index < -0.39 is 12.3 Å². The Morgan fingerprint density at radius 2 is 2.03 bits per heavy atom. The van der Waals surface area contributed by atoms with Gasteiger partial charge in [-0.15, -0.1) is 0 Å². The number of carbonyl (C=O) groups excluding carboxylic acids is 1.